The number of piperazine rings is 1. The quantitative estimate of drug-likeness (QED) is 0.788. The zero-order chi connectivity index (χ0) is 18.6. The molecule has 3 rings (SSSR count). The van der Waals surface area contributed by atoms with Crippen LogP contribution < -0.4 is 0 Å². The molecule has 2 fully saturated rings. The number of aliphatic hydroxyl groups excluding tert-OH is 1. The number of likely N-dealkylation sites (tertiary alicyclic amines) is 1. The molecule has 4 nitrogen and oxygen atoms in total. The van der Waals surface area contributed by atoms with E-state index in [9.17, 15) is 5.11 Å². The van der Waals surface area contributed by atoms with Gasteiger partial charge in [0.15, 0.2) is 0 Å². The third-order valence-electron chi connectivity index (χ3n) is 5.50. The molecular formula is C21H37N3OS. The van der Waals surface area contributed by atoms with Gasteiger partial charge in [-0.05, 0) is 49.9 Å². The summed E-state index contributed by atoms with van der Waals surface area (Å²) >= 11 is 1.99. The summed E-state index contributed by atoms with van der Waals surface area (Å²) in [5, 5.41) is 9.50. The number of hydrogen-bond donors (Lipinski definition) is 1. The van der Waals surface area contributed by atoms with Crippen LogP contribution in [0.5, 0.6) is 0 Å². The first-order valence-corrected chi connectivity index (χ1v) is 11.1. The van der Waals surface area contributed by atoms with Crippen LogP contribution in [0.4, 0.5) is 0 Å². The first-order valence-electron chi connectivity index (χ1n) is 10.3. The molecule has 3 heterocycles. The van der Waals surface area contributed by atoms with Crippen molar-refractivity contribution in [1.29, 1.82) is 0 Å². The Bertz CT molecular complexity index is 548. The molecule has 148 valence electrons. The van der Waals surface area contributed by atoms with E-state index in [0.29, 0.717) is 11.5 Å². The van der Waals surface area contributed by atoms with Crippen molar-refractivity contribution < 1.29 is 5.11 Å². The second-order valence-corrected chi connectivity index (χ2v) is 10.5. The SMILES string of the molecule is CC(C)(C)CN1CCN(Cc2ccc(CN3CCCC3)s2)C[C@@H]1CCO. The van der Waals surface area contributed by atoms with E-state index in [2.05, 4.69) is 47.6 Å². The summed E-state index contributed by atoms with van der Waals surface area (Å²) in [7, 11) is 0. The van der Waals surface area contributed by atoms with Crippen molar-refractivity contribution in [3.8, 4) is 0 Å². The first kappa shape index (κ1) is 20.3. The summed E-state index contributed by atoms with van der Waals surface area (Å²) in [6.07, 6.45) is 3.61. The minimum Gasteiger partial charge on any atom is -0.396 e. The van der Waals surface area contributed by atoms with Crippen molar-refractivity contribution in [2.24, 2.45) is 5.41 Å². The number of hydrogen-bond acceptors (Lipinski definition) is 5. The van der Waals surface area contributed by atoms with Crippen LogP contribution in [0.3, 0.4) is 0 Å². The molecule has 0 bridgehead atoms. The normalized spacial score (nSPS) is 23.8. The Labute approximate surface area is 163 Å². The molecule has 2 aliphatic rings. The highest BCUT2D eigenvalue weighted by atomic mass is 32.1. The van der Waals surface area contributed by atoms with Gasteiger partial charge in [0.1, 0.15) is 0 Å². The molecule has 2 saturated heterocycles. The number of thiophene rings is 1. The average molecular weight is 380 g/mol. The third kappa shape index (κ3) is 6.03. The van der Waals surface area contributed by atoms with Crippen LogP contribution >= 0.6 is 11.3 Å². The molecule has 2 aliphatic heterocycles. The maximum absolute atomic E-state index is 9.50. The monoisotopic (exact) mass is 379 g/mol. The Kier molecular flexibility index (Phi) is 7.14. The Hall–Kier alpha value is -0.460. The Morgan fingerprint density at radius 3 is 2.27 bits per heavy atom. The van der Waals surface area contributed by atoms with Crippen LogP contribution in [0.2, 0.25) is 0 Å². The minimum atomic E-state index is 0.290. The van der Waals surface area contributed by atoms with E-state index in [1.54, 1.807) is 0 Å². The third-order valence-corrected chi connectivity index (χ3v) is 6.56. The minimum absolute atomic E-state index is 0.290. The Morgan fingerprint density at radius 2 is 1.65 bits per heavy atom. The highest BCUT2D eigenvalue weighted by Gasteiger charge is 2.29. The molecule has 5 heteroatoms. The largest absolute Gasteiger partial charge is 0.396 e. The molecule has 0 spiro atoms. The maximum atomic E-state index is 9.50. The van der Waals surface area contributed by atoms with Crippen LogP contribution in [-0.4, -0.2) is 71.7 Å². The molecule has 0 aromatic carbocycles. The van der Waals surface area contributed by atoms with Gasteiger partial charge in [-0.15, -0.1) is 11.3 Å². The molecule has 1 aromatic rings. The van der Waals surface area contributed by atoms with E-state index in [1.807, 2.05) is 11.3 Å². The molecule has 0 unspecified atom stereocenters. The standard InChI is InChI=1S/C21H37N3OS/c1-21(2,3)17-24-12-11-23(14-18(24)8-13-25)16-20-7-6-19(26-20)15-22-9-4-5-10-22/h6-7,18,25H,4-5,8-17H2,1-3H3/t18-/m0/s1. The first-order chi connectivity index (χ1) is 12.4. The molecule has 0 amide bonds. The van der Waals surface area contributed by atoms with Crippen LogP contribution in [0.15, 0.2) is 12.1 Å². The lowest BCUT2D eigenvalue weighted by atomic mass is 9.94. The van der Waals surface area contributed by atoms with Crippen molar-refractivity contribution in [3.63, 3.8) is 0 Å². The van der Waals surface area contributed by atoms with E-state index in [4.69, 9.17) is 0 Å². The van der Waals surface area contributed by atoms with Crippen LogP contribution in [-0.2, 0) is 13.1 Å². The molecule has 1 atom stereocenters. The van der Waals surface area contributed by atoms with Crippen LogP contribution in [0, 0.1) is 5.41 Å². The fourth-order valence-corrected chi connectivity index (χ4v) is 5.42. The highest BCUT2D eigenvalue weighted by Crippen LogP contribution is 2.25. The number of nitrogens with zero attached hydrogens (tertiary/aromatic N) is 3. The van der Waals surface area contributed by atoms with E-state index >= 15 is 0 Å². The highest BCUT2D eigenvalue weighted by molar-refractivity contribution is 7.11. The van der Waals surface area contributed by atoms with Crippen molar-refractivity contribution >= 4 is 11.3 Å². The molecule has 26 heavy (non-hydrogen) atoms. The number of rotatable bonds is 7. The summed E-state index contributed by atoms with van der Waals surface area (Å²) in [4.78, 5) is 10.8. The van der Waals surface area contributed by atoms with Gasteiger partial charge < -0.3 is 5.11 Å². The predicted molar refractivity (Wildman–Crippen MR) is 111 cm³/mol. The lowest BCUT2D eigenvalue weighted by molar-refractivity contribution is 0.0344. The lowest BCUT2D eigenvalue weighted by Crippen LogP contribution is -2.54. The van der Waals surface area contributed by atoms with Crippen molar-refractivity contribution in [1.82, 2.24) is 14.7 Å². The second kappa shape index (κ2) is 9.16. The summed E-state index contributed by atoms with van der Waals surface area (Å²) in [6.45, 7) is 16.4. The summed E-state index contributed by atoms with van der Waals surface area (Å²) in [5.41, 5.74) is 0.314. The maximum Gasteiger partial charge on any atom is 0.0446 e. The topological polar surface area (TPSA) is 30.0 Å². The fourth-order valence-electron chi connectivity index (χ4n) is 4.31. The summed E-state index contributed by atoms with van der Waals surface area (Å²) < 4.78 is 0. The molecule has 1 aromatic heterocycles. The second-order valence-electron chi connectivity index (χ2n) is 9.28. The Morgan fingerprint density at radius 1 is 1.00 bits per heavy atom. The van der Waals surface area contributed by atoms with Crippen molar-refractivity contribution in [3.05, 3.63) is 21.9 Å². The van der Waals surface area contributed by atoms with Gasteiger partial charge in [-0.3, -0.25) is 14.7 Å². The molecule has 0 aliphatic carbocycles. The van der Waals surface area contributed by atoms with Gasteiger partial charge >= 0.3 is 0 Å². The molecule has 0 saturated carbocycles. The zero-order valence-electron chi connectivity index (χ0n) is 16.9. The van der Waals surface area contributed by atoms with Gasteiger partial charge in [0.2, 0.25) is 0 Å². The molecule has 1 N–H and O–H groups in total. The van der Waals surface area contributed by atoms with Crippen molar-refractivity contribution in [2.75, 3.05) is 45.9 Å². The summed E-state index contributed by atoms with van der Waals surface area (Å²) in [6, 6.07) is 5.15. The van der Waals surface area contributed by atoms with Gasteiger partial charge in [-0.1, -0.05) is 20.8 Å². The van der Waals surface area contributed by atoms with Gasteiger partial charge in [0.25, 0.3) is 0 Å². The average Bonchev–Trinajstić information content (AvgIpc) is 3.22. The summed E-state index contributed by atoms with van der Waals surface area (Å²) in [5.74, 6) is 0. The molecule has 0 radical (unpaired) electrons. The van der Waals surface area contributed by atoms with E-state index in [0.717, 1.165) is 45.7 Å². The Balaban J connectivity index is 1.52. The van der Waals surface area contributed by atoms with E-state index < -0.39 is 0 Å². The number of aliphatic hydroxyl groups is 1. The van der Waals surface area contributed by atoms with Gasteiger partial charge in [0, 0.05) is 61.7 Å². The van der Waals surface area contributed by atoms with Crippen LogP contribution in [0.1, 0.15) is 49.8 Å². The van der Waals surface area contributed by atoms with Gasteiger partial charge in [0.05, 0.1) is 0 Å². The smallest absolute Gasteiger partial charge is 0.0446 e. The van der Waals surface area contributed by atoms with Gasteiger partial charge in [-0.2, -0.15) is 0 Å². The van der Waals surface area contributed by atoms with Crippen LogP contribution in [0.25, 0.3) is 0 Å². The van der Waals surface area contributed by atoms with Gasteiger partial charge in [-0.25, -0.2) is 0 Å². The predicted octanol–water partition coefficient (Wildman–Crippen LogP) is 3.26. The fraction of sp³-hybridized carbons (Fsp3) is 0.810. The zero-order valence-corrected chi connectivity index (χ0v) is 17.7. The van der Waals surface area contributed by atoms with Crippen molar-refractivity contribution in [2.45, 2.75) is 59.2 Å². The van der Waals surface area contributed by atoms with E-state index in [1.165, 1.54) is 35.7 Å². The molecular weight excluding hydrogens is 342 g/mol. The lowest BCUT2D eigenvalue weighted by Gasteiger charge is -2.43. The van der Waals surface area contributed by atoms with E-state index in [-0.39, 0.29) is 6.61 Å².